The Morgan fingerprint density at radius 3 is 2.33 bits per heavy atom. The molecule has 1 saturated heterocycles. The summed E-state index contributed by atoms with van der Waals surface area (Å²) < 4.78 is 0. The lowest BCUT2D eigenvalue weighted by Crippen LogP contribution is -2.46. The summed E-state index contributed by atoms with van der Waals surface area (Å²) in [6.07, 6.45) is 8.37. The van der Waals surface area contributed by atoms with E-state index in [1.807, 2.05) is 0 Å². The molecule has 3 nitrogen and oxygen atoms in total. The van der Waals surface area contributed by atoms with Gasteiger partial charge in [-0.1, -0.05) is 12.8 Å². The lowest BCUT2D eigenvalue weighted by atomic mass is 9.93. The minimum absolute atomic E-state index is 0.632. The second-order valence-corrected chi connectivity index (χ2v) is 6.53. The summed E-state index contributed by atoms with van der Waals surface area (Å²) >= 11 is 0. The maximum Gasteiger partial charge on any atom is 0.0243 e. The van der Waals surface area contributed by atoms with Crippen molar-refractivity contribution >= 4 is 0 Å². The average molecular weight is 253 g/mol. The second kappa shape index (κ2) is 6.88. The minimum atomic E-state index is 0.632. The highest BCUT2D eigenvalue weighted by Gasteiger charge is 2.28. The van der Waals surface area contributed by atoms with Crippen LogP contribution in [0.3, 0.4) is 0 Å². The van der Waals surface area contributed by atoms with Gasteiger partial charge in [0.1, 0.15) is 0 Å². The van der Waals surface area contributed by atoms with Gasteiger partial charge in [-0.3, -0.25) is 0 Å². The first-order valence-electron chi connectivity index (χ1n) is 7.79. The molecule has 0 aromatic carbocycles. The van der Waals surface area contributed by atoms with Gasteiger partial charge in [-0.2, -0.15) is 0 Å². The molecule has 0 radical (unpaired) electrons. The van der Waals surface area contributed by atoms with Crippen molar-refractivity contribution in [2.75, 3.05) is 40.3 Å². The standard InChI is InChI=1S/C15H31N3/c1-17-9-7-13(8-10-17)12-18(2)15(11-16)14-5-3-4-6-14/h13-15H,3-12,16H2,1-2H3. The Hall–Kier alpha value is -0.120. The van der Waals surface area contributed by atoms with Crippen LogP contribution in [0.25, 0.3) is 0 Å². The Morgan fingerprint density at radius 1 is 1.17 bits per heavy atom. The van der Waals surface area contributed by atoms with Crippen LogP contribution in [0.4, 0.5) is 0 Å². The largest absolute Gasteiger partial charge is 0.329 e. The van der Waals surface area contributed by atoms with E-state index in [0.29, 0.717) is 6.04 Å². The predicted molar refractivity (Wildman–Crippen MR) is 77.7 cm³/mol. The second-order valence-electron chi connectivity index (χ2n) is 6.53. The van der Waals surface area contributed by atoms with Crippen molar-refractivity contribution in [1.29, 1.82) is 0 Å². The van der Waals surface area contributed by atoms with Crippen LogP contribution in [0.15, 0.2) is 0 Å². The number of rotatable bonds is 5. The molecule has 18 heavy (non-hydrogen) atoms. The molecule has 1 heterocycles. The summed E-state index contributed by atoms with van der Waals surface area (Å²) in [6, 6.07) is 0.632. The molecule has 0 bridgehead atoms. The fraction of sp³-hybridized carbons (Fsp3) is 1.00. The van der Waals surface area contributed by atoms with Crippen molar-refractivity contribution in [1.82, 2.24) is 9.80 Å². The fourth-order valence-electron chi connectivity index (χ4n) is 3.86. The first-order valence-corrected chi connectivity index (χ1v) is 7.79. The molecule has 2 aliphatic rings. The molecule has 2 fully saturated rings. The van der Waals surface area contributed by atoms with Crippen LogP contribution in [-0.4, -0.2) is 56.1 Å². The van der Waals surface area contributed by atoms with E-state index in [9.17, 15) is 0 Å². The van der Waals surface area contributed by atoms with Crippen molar-refractivity contribution in [3.8, 4) is 0 Å². The van der Waals surface area contributed by atoms with Crippen molar-refractivity contribution in [2.45, 2.75) is 44.6 Å². The Bertz CT molecular complexity index is 230. The Morgan fingerprint density at radius 2 is 1.78 bits per heavy atom. The number of nitrogens with zero attached hydrogens (tertiary/aromatic N) is 2. The van der Waals surface area contributed by atoms with Gasteiger partial charge in [-0.05, 0) is 64.7 Å². The van der Waals surface area contributed by atoms with Gasteiger partial charge in [-0.25, -0.2) is 0 Å². The van der Waals surface area contributed by atoms with E-state index in [1.165, 1.54) is 58.2 Å². The zero-order chi connectivity index (χ0) is 13.0. The Balaban J connectivity index is 1.79. The van der Waals surface area contributed by atoms with E-state index in [1.54, 1.807) is 0 Å². The monoisotopic (exact) mass is 253 g/mol. The van der Waals surface area contributed by atoms with Crippen LogP contribution in [0.2, 0.25) is 0 Å². The molecule has 1 aliphatic carbocycles. The third-order valence-corrected chi connectivity index (χ3v) is 5.14. The van der Waals surface area contributed by atoms with E-state index >= 15 is 0 Å². The summed E-state index contributed by atoms with van der Waals surface area (Å²) in [5.41, 5.74) is 6.03. The quantitative estimate of drug-likeness (QED) is 0.810. The fourth-order valence-corrected chi connectivity index (χ4v) is 3.86. The van der Waals surface area contributed by atoms with Crippen molar-refractivity contribution in [3.05, 3.63) is 0 Å². The third-order valence-electron chi connectivity index (χ3n) is 5.14. The Kier molecular flexibility index (Phi) is 5.46. The maximum absolute atomic E-state index is 6.03. The van der Waals surface area contributed by atoms with Gasteiger partial charge >= 0.3 is 0 Å². The van der Waals surface area contributed by atoms with Gasteiger partial charge in [0.25, 0.3) is 0 Å². The summed E-state index contributed by atoms with van der Waals surface area (Å²) in [7, 11) is 4.54. The summed E-state index contributed by atoms with van der Waals surface area (Å²) in [5, 5.41) is 0. The van der Waals surface area contributed by atoms with Crippen LogP contribution in [-0.2, 0) is 0 Å². The SMILES string of the molecule is CN1CCC(CN(C)C(CN)C2CCCC2)CC1. The van der Waals surface area contributed by atoms with E-state index in [0.717, 1.165) is 18.4 Å². The van der Waals surface area contributed by atoms with Crippen molar-refractivity contribution < 1.29 is 0 Å². The molecular weight excluding hydrogens is 222 g/mol. The van der Waals surface area contributed by atoms with Crippen LogP contribution in [0.1, 0.15) is 38.5 Å². The minimum Gasteiger partial charge on any atom is -0.329 e. The molecule has 1 aliphatic heterocycles. The molecule has 0 spiro atoms. The molecule has 0 aromatic heterocycles. The molecule has 3 heteroatoms. The number of nitrogens with two attached hydrogens (primary N) is 1. The zero-order valence-electron chi connectivity index (χ0n) is 12.3. The van der Waals surface area contributed by atoms with Gasteiger partial charge < -0.3 is 15.5 Å². The molecule has 2 rings (SSSR count). The Labute approximate surface area is 113 Å². The molecular formula is C15H31N3. The predicted octanol–water partition coefficient (Wildman–Crippen LogP) is 1.78. The number of likely N-dealkylation sites (tertiary alicyclic amines) is 1. The lowest BCUT2D eigenvalue weighted by Gasteiger charge is -2.37. The molecule has 2 N–H and O–H groups in total. The molecule has 1 unspecified atom stereocenters. The van der Waals surface area contributed by atoms with Gasteiger partial charge in [0.05, 0.1) is 0 Å². The maximum atomic E-state index is 6.03. The van der Waals surface area contributed by atoms with E-state index in [-0.39, 0.29) is 0 Å². The summed E-state index contributed by atoms with van der Waals surface area (Å²) in [4.78, 5) is 5.03. The van der Waals surface area contributed by atoms with Gasteiger partial charge in [0, 0.05) is 19.1 Å². The summed E-state index contributed by atoms with van der Waals surface area (Å²) in [6.45, 7) is 4.64. The number of hydrogen-bond acceptors (Lipinski definition) is 3. The van der Waals surface area contributed by atoms with E-state index < -0.39 is 0 Å². The number of hydrogen-bond donors (Lipinski definition) is 1. The highest BCUT2D eigenvalue weighted by atomic mass is 15.2. The van der Waals surface area contributed by atoms with Crippen LogP contribution < -0.4 is 5.73 Å². The molecule has 1 atom stereocenters. The smallest absolute Gasteiger partial charge is 0.0243 e. The first-order chi connectivity index (χ1) is 8.70. The highest BCUT2D eigenvalue weighted by Crippen LogP contribution is 2.30. The first kappa shape index (κ1) is 14.3. The molecule has 0 aromatic rings. The van der Waals surface area contributed by atoms with Gasteiger partial charge in [0.2, 0.25) is 0 Å². The van der Waals surface area contributed by atoms with Crippen molar-refractivity contribution in [3.63, 3.8) is 0 Å². The molecule has 0 amide bonds. The molecule has 1 saturated carbocycles. The highest BCUT2D eigenvalue weighted by molar-refractivity contribution is 4.84. The lowest BCUT2D eigenvalue weighted by molar-refractivity contribution is 0.124. The van der Waals surface area contributed by atoms with Gasteiger partial charge in [-0.15, -0.1) is 0 Å². The zero-order valence-corrected chi connectivity index (χ0v) is 12.3. The molecule has 106 valence electrons. The summed E-state index contributed by atoms with van der Waals surface area (Å²) in [5.74, 6) is 1.76. The third kappa shape index (κ3) is 3.69. The van der Waals surface area contributed by atoms with Crippen LogP contribution >= 0.6 is 0 Å². The average Bonchev–Trinajstić information content (AvgIpc) is 2.87. The van der Waals surface area contributed by atoms with E-state index in [2.05, 4.69) is 23.9 Å². The van der Waals surface area contributed by atoms with E-state index in [4.69, 9.17) is 5.73 Å². The number of likely N-dealkylation sites (N-methyl/N-ethyl adjacent to an activating group) is 1. The van der Waals surface area contributed by atoms with Crippen LogP contribution in [0, 0.1) is 11.8 Å². The number of piperidine rings is 1. The van der Waals surface area contributed by atoms with Crippen molar-refractivity contribution in [2.24, 2.45) is 17.6 Å². The van der Waals surface area contributed by atoms with Crippen LogP contribution in [0.5, 0.6) is 0 Å². The van der Waals surface area contributed by atoms with Gasteiger partial charge in [0.15, 0.2) is 0 Å². The normalized spacial score (nSPS) is 26.0. The topological polar surface area (TPSA) is 32.5 Å².